The van der Waals surface area contributed by atoms with Crippen molar-refractivity contribution in [1.82, 2.24) is 14.9 Å². The number of amides is 1. The summed E-state index contributed by atoms with van der Waals surface area (Å²) in [6, 6.07) is 10.2. The van der Waals surface area contributed by atoms with Gasteiger partial charge in [-0.25, -0.2) is 4.79 Å². The quantitative estimate of drug-likeness (QED) is 0.563. The van der Waals surface area contributed by atoms with E-state index in [9.17, 15) is 14.7 Å². The summed E-state index contributed by atoms with van der Waals surface area (Å²) in [6.07, 6.45) is 6.58. The summed E-state index contributed by atoms with van der Waals surface area (Å²) in [4.78, 5) is 35.9. The molecule has 0 aliphatic carbocycles. The van der Waals surface area contributed by atoms with E-state index in [0.717, 1.165) is 29.6 Å². The number of anilines is 1. The van der Waals surface area contributed by atoms with E-state index in [1.165, 1.54) is 11.0 Å². The van der Waals surface area contributed by atoms with Crippen LogP contribution in [0.3, 0.4) is 0 Å². The Morgan fingerprint density at radius 2 is 2.09 bits per heavy atom. The number of aliphatic hydroxyl groups is 1. The number of carboxylic acids is 1. The van der Waals surface area contributed by atoms with E-state index in [-0.39, 0.29) is 12.5 Å². The number of likely N-dealkylation sites (N-methyl/N-ethyl adjacent to an activating group) is 1. The van der Waals surface area contributed by atoms with Gasteiger partial charge in [-0.05, 0) is 43.2 Å². The van der Waals surface area contributed by atoms with E-state index in [2.05, 4.69) is 14.9 Å². The number of ether oxygens (including phenoxy) is 1. The van der Waals surface area contributed by atoms with Crippen molar-refractivity contribution in [3.05, 3.63) is 60.6 Å². The van der Waals surface area contributed by atoms with E-state index in [0.29, 0.717) is 24.3 Å². The molecule has 1 saturated heterocycles. The third-order valence-corrected chi connectivity index (χ3v) is 5.74. The van der Waals surface area contributed by atoms with Gasteiger partial charge in [-0.3, -0.25) is 14.8 Å². The molecular weight excluding hydrogens is 424 g/mol. The van der Waals surface area contributed by atoms with Gasteiger partial charge in [0.15, 0.2) is 6.61 Å². The number of hydrogen-bond acceptors (Lipinski definition) is 7. The fourth-order valence-electron chi connectivity index (χ4n) is 4.30. The van der Waals surface area contributed by atoms with Gasteiger partial charge in [0, 0.05) is 55.4 Å². The van der Waals surface area contributed by atoms with E-state index in [1.54, 1.807) is 43.8 Å². The maximum Gasteiger partial charge on any atom is 0.341 e. The molecule has 1 atom stereocenters. The van der Waals surface area contributed by atoms with Crippen LogP contribution in [-0.2, 0) is 4.79 Å². The lowest BCUT2D eigenvalue weighted by atomic mass is 9.91. The average molecular weight is 450 g/mol. The van der Waals surface area contributed by atoms with Crippen molar-refractivity contribution in [3.8, 4) is 5.75 Å². The summed E-state index contributed by atoms with van der Waals surface area (Å²) < 4.78 is 5.17. The Morgan fingerprint density at radius 3 is 2.91 bits per heavy atom. The number of fused-ring (bicyclic) bond motifs is 1. The highest BCUT2D eigenvalue weighted by atomic mass is 16.5. The second-order valence-corrected chi connectivity index (χ2v) is 8.34. The van der Waals surface area contributed by atoms with Crippen molar-refractivity contribution < 1.29 is 24.5 Å². The van der Waals surface area contributed by atoms with Gasteiger partial charge in [0.25, 0.3) is 5.91 Å². The molecule has 2 N–H and O–H groups in total. The molecule has 33 heavy (non-hydrogen) atoms. The Bertz CT molecular complexity index is 1170. The van der Waals surface area contributed by atoms with Crippen LogP contribution in [0.5, 0.6) is 5.75 Å². The normalized spacial score (nSPS) is 18.2. The molecule has 0 spiro atoms. The summed E-state index contributed by atoms with van der Waals surface area (Å²) in [5.74, 6) is -1.07. The second kappa shape index (κ2) is 9.41. The first-order valence-corrected chi connectivity index (χ1v) is 10.7. The smallest absolute Gasteiger partial charge is 0.341 e. The number of piperidine rings is 1. The van der Waals surface area contributed by atoms with E-state index < -0.39 is 18.2 Å². The number of hydrogen-bond donors (Lipinski definition) is 2. The van der Waals surface area contributed by atoms with Crippen molar-refractivity contribution in [1.29, 1.82) is 0 Å². The predicted octanol–water partition coefficient (Wildman–Crippen LogP) is 2.20. The number of rotatable bonds is 7. The highest BCUT2D eigenvalue weighted by Gasteiger charge is 2.36. The standard InChI is InChI=1S/C24H26N4O5/c1-27(23(31)17-4-2-5-18(12-17)33-14-22(29)30)15-24(32)8-3-11-28(16-24)21-7-10-26-20-6-9-25-13-19(20)21/h2,4-7,9-10,12-13,32H,3,8,11,14-16H2,1H3,(H,29,30)/t24-/m1/s1. The Kier molecular flexibility index (Phi) is 6.41. The minimum absolute atomic E-state index is 0.157. The Balaban J connectivity index is 1.47. The molecule has 4 rings (SSSR count). The molecule has 0 radical (unpaired) electrons. The lowest BCUT2D eigenvalue weighted by molar-refractivity contribution is -0.139. The van der Waals surface area contributed by atoms with Gasteiger partial charge >= 0.3 is 5.97 Å². The number of pyridine rings is 2. The molecular formula is C24H26N4O5. The van der Waals surface area contributed by atoms with Crippen molar-refractivity contribution in [3.63, 3.8) is 0 Å². The monoisotopic (exact) mass is 450 g/mol. The van der Waals surface area contributed by atoms with Crippen LogP contribution in [0, 0.1) is 0 Å². The molecule has 0 bridgehead atoms. The number of benzene rings is 1. The van der Waals surface area contributed by atoms with Gasteiger partial charge in [-0.1, -0.05) is 6.07 Å². The first-order chi connectivity index (χ1) is 15.8. The summed E-state index contributed by atoms with van der Waals surface area (Å²) in [5.41, 5.74) is 1.08. The summed E-state index contributed by atoms with van der Waals surface area (Å²) in [5, 5.41) is 21.1. The number of carboxylic acid groups (broad SMARTS) is 1. The number of aromatic nitrogens is 2. The van der Waals surface area contributed by atoms with Gasteiger partial charge in [-0.15, -0.1) is 0 Å². The molecule has 3 heterocycles. The first kappa shape index (κ1) is 22.5. The summed E-state index contributed by atoms with van der Waals surface area (Å²) in [6.45, 7) is 0.837. The molecule has 2 aromatic heterocycles. The number of carbonyl (C=O) groups is 2. The molecule has 1 amide bonds. The zero-order chi connectivity index (χ0) is 23.4. The molecule has 9 heteroatoms. The van der Waals surface area contributed by atoms with Crippen LogP contribution >= 0.6 is 0 Å². The molecule has 3 aromatic rings. The topological polar surface area (TPSA) is 116 Å². The lowest BCUT2D eigenvalue weighted by Gasteiger charge is -2.42. The molecule has 0 saturated carbocycles. The first-order valence-electron chi connectivity index (χ1n) is 10.7. The molecule has 1 fully saturated rings. The fourth-order valence-corrected chi connectivity index (χ4v) is 4.30. The fraction of sp³-hybridized carbons (Fsp3) is 0.333. The lowest BCUT2D eigenvalue weighted by Crippen LogP contribution is -2.54. The molecule has 172 valence electrons. The summed E-state index contributed by atoms with van der Waals surface area (Å²) in [7, 11) is 1.65. The van der Waals surface area contributed by atoms with E-state index >= 15 is 0 Å². The molecule has 9 nitrogen and oxygen atoms in total. The van der Waals surface area contributed by atoms with Gasteiger partial charge in [0.1, 0.15) is 5.75 Å². The zero-order valence-electron chi connectivity index (χ0n) is 18.3. The third-order valence-electron chi connectivity index (χ3n) is 5.74. The highest BCUT2D eigenvalue weighted by molar-refractivity contribution is 5.94. The van der Waals surface area contributed by atoms with Crippen molar-refractivity contribution in [2.45, 2.75) is 18.4 Å². The van der Waals surface area contributed by atoms with Gasteiger partial charge in [0.2, 0.25) is 0 Å². The highest BCUT2D eigenvalue weighted by Crippen LogP contribution is 2.31. The minimum atomic E-state index is -1.09. The van der Waals surface area contributed by atoms with Crippen LogP contribution in [-0.4, -0.2) is 75.8 Å². The maximum absolute atomic E-state index is 13.0. The van der Waals surface area contributed by atoms with Crippen LogP contribution in [0.2, 0.25) is 0 Å². The Morgan fingerprint density at radius 1 is 1.24 bits per heavy atom. The SMILES string of the molecule is CN(C[C@]1(O)CCCN(c2ccnc3ccncc23)C1)C(=O)c1cccc(OCC(=O)O)c1. The number of aliphatic carboxylic acids is 1. The Labute approximate surface area is 191 Å². The zero-order valence-corrected chi connectivity index (χ0v) is 18.3. The van der Waals surface area contributed by atoms with Crippen LogP contribution in [0.1, 0.15) is 23.2 Å². The average Bonchev–Trinajstić information content (AvgIpc) is 2.81. The molecule has 1 aliphatic rings. The van der Waals surface area contributed by atoms with Gasteiger partial charge in [0.05, 0.1) is 17.7 Å². The third kappa shape index (κ3) is 5.20. The van der Waals surface area contributed by atoms with Crippen molar-refractivity contribution in [2.24, 2.45) is 0 Å². The van der Waals surface area contributed by atoms with E-state index in [1.807, 2.05) is 12.1 Å². The predicted molar refractivity (Wildman–Crippen MR) is 122 cm³/mol. The number of carbonyl (C=O) groups excluding carboxylic acids is 1. The van der Waals surface area contributed by atoms with Crippen LogP contribution in [0.15, 0.2) is 55.0 Å². The van der Waals surface area contributed by atoms with E-state index in [4.69, 9.17) is 9.84 Å². The van der Waals surface area contributed by atoms with Crippen molar-refractivity contribution in [2.75, 3.05) is 38.2 Å². The Hall–Kier alpha value is -3.72. The van der Waals surface area contributed by atoms with Gasteiger partial charge in [-0.2, -0.15) is 0 Å². The maximum atomic E-state index is 13.0. The largest absolute Gasteiger partial charge is 0.482 e. The second-order valence-electron chi connectivity index (χ2n) is 8.34. The molecule has 1 aliphatic heterocycles. The van der Waals surface area contributed by atoms with Crippen LogP contribution in [0.4, 0.5) is 5.69 Å². The number of nitrogens with zero attached hydrogens (tertiary/aromatic N) is 4. The minimum Gasteiger partial charge on any atom is -0.482 e. The van der Waals surface area contributed by atoms with Crippen molar-refractivity contribution >= 4 is 28.5 Å². The van der Waals surface area contributed by atoms with Crippen LogP contribution < -0.4 is 9.64 Å². The number of β-amino-alcohol motifs (C(OH)–C–C–N with tert-alkyl or cyclic N) is 1. The molecule has 0 unspecified atom stereocenters. The van der Waals surface area contributed by atoms with Crippen LogP contribution in [0.25, 0.3) is 10.9 Å². The van der Waals surface area contributed by atoms with Gasteiger partial charge < -0.3 is 24.7 Å². The molecule has 1 aromatic carbocycles. The summed E-state index contributed by atoms with van der Waals surface area (Å²) >= 11 is 0.